The maximum atomic E-state index is 13.3. The van der Waals surface area contributed by atoms with Crippen LogP contribution in [-0.2, 0) is 9.59 Å². The van der Waals surface area contributed by atoms with Crippen LogP contribution in [0.25, 0.3) is 0 Å². The van der Waals surface area contributed by atoms with Crippen molar-refractivity contribution in [1.82, 2.24) is 0 Å². The number of hydrogen-bond acceptors (Lipinski definition) is 7. The number of unbranched alkanes of at least 4 members (excludes halogenated alkanes) is 4. The number of ether oxygens (including phenoxy) is 3. The Morgan fingerprint density at radius 2 is 1.19 bits per heavy atom. The molecular formula is C46H61ClN2O5. The van der Waals surface area contributed by atoms with Crippen molar-refractivity contribution in [1.29, 1.82) is 0 Å². The molecule has 0 aromatic heterocycles. The summed E-state index contributed by atoms with van der Waals surface area (Å²) in [6, 6.07) is 20.1. The van der Waals surface area contributed by atoms with E-state index in [1.165, 1.54) is 51.4 Å². The molecule has 2 aliphatic carbocycles. The van der Waals surface area contributed by atoms with Gasteiger partial charge in [0.25, 0.3) is 0 Å². The maximum absolute atomic E-state index is 13.3. The average Bonchev–Trinajstić information content (AvgIpc) is 3.19. The highest BCUT2D eigenvalue weighted by Gasteiger charge is 2.29. The van der Waals surface area contributed by atoms with Crippen molar-refractivity contribution < 1.29 is 23.8 Å². The molecule has 8 heteroatoms. The molecule has 0 amide bonds. The minimum absolute atomic E-state index is 0.0350. The van der Waals surface area contributed by atoms with Crippen molar-refractivity contribution in [3.8, 4) is 17.2 Å². The normalized spacial score (nSPS) is 20.7. The number of benzene rings is 3. The molecule has 2 aliphatic rings. The van der Waals surface area contributed by atoms with Gasteiger partial charge in [-0.15, -0.1) is 5.11 Å². The van der Waals surface area contributed by atoms with Crippen LogP contribution in [0.1, 0.15) is 148 Å². The summed E-state index contributed by atoms with van der Waals surface area (Å²) in [6.45, 7) is 6.59. The standard InChI is InChI=1S/C46H61ClN2O5/c1-4-7-9-12-33-14-18-36(19-15-33)45(50)52-40-28-26-39(27-29-40)48-49-42-31-30-41(53-46(51)37-20-16-34(17-21-37)13-10-8-5-2)32-44(42)54-43(11-6-3)35-22-24-38(47)25-23-35/h22-34,36-37,43H,4-21H2,1-3H3. The smallest absolute Gasteiger partial charge is 0.314 e. The van der Waals surface area contributed by atoms with Gasteiger partial charge in [-0.05, 0) is 124 Å². The number of halogens is 1. The Balaban J connectivity index is 1.24. The highest BCUT2D eigenvalue weighted by atomic mass is 35.5. The van der Waals surface area contributed by atoms with Gasteiger partial charge in [-0.25, -0.2) is 0 Å². The number of rotatable bonds is 19. The van der Waals surface area contributed by atoms with Gasteiger partial charge in [0.2, 0.25) is 0 Å². The molecule has 54 heavy (non-hydrogen) atoms. The first kappa shape index (κ1) is 41.5. The summed E-state index contributed by atoms with van der Waals surface area (Å²) in [7, 11) is 0. The second-order valence-electron chi connectivity index (χ2n) is 15.5. The Morgan fingerprint density at radius 3 is 1.72 bits per heavy atom. The van der Waals surface area contributed by atoms with Gasteiger partial charge in [0.1, 0.15) is 23.3 Å². The van der Waals surface area contributed by atoms with Crippen LogP contribution < -0.4 is 14.2 Å². The lowest BCUT2D eigenvalue weighted by Crippen LogP contribution is -2.25. The quantitative estimate of drug-likeness (QED) is 0.0526. The molecule has 1 atom stereocenters. The van der Waals surface area contributed by atoms with Gasteiger partial charge >= 0.3 is 11.9 Å². The summed E-state index contributed by atoms with van der Waals surface area (Å²) in [5.41, 5.74) is 2.11. The third kappa shape index (κ3) is 13.0. The van der Waals surface area contributed by atoms with Crippen LogP contribution in [0, 0.1) is 23.7 Å². The van der Waals surface area contributed by atoms with E-state index in [-0.39, 0.29) is 29.9 Å². The number of carbonyl (C=O) groups excluding carboxylic acids is 2. The van der Waals surface area contributed by atoms with E-state index < -0.39 is 0 Å². The second kappa shape index (κ2) is 22.0. The molecule has 2 saturated carbocycles. The predicted octanol–water partition coefficient (Wildman–Crippen LogP) is 14.3. The lowest BCUT2D eigenvalue weighted by molar-refractivity contribution is -0.141. The van der Waals surface area contributed by atoms with Crippen LogP contribution in [0.5, 0.6) is 17.2 Å². The predicted molar refractivity (Wildman–Crippen MR) is 217 cm³/mol. The summed E-state index contributed by atoms with van der Waals surface area (Å²) in [6.07, 6.45) is 19.5. The molecule has 0 heterocycles. The lowest BCUT2D eigenvalue weighted by Gasteiger charge is -2.27. The van der Waals surface area contributed by atoms with Gasteiger partial charge < -0.3 is 14.2 Å². The van der Waals surface area contributed by atoms with Crippen molar-refractivity contribution in [2.75, 3.05) is 0 Å². The van der Waals surface area contributed by atoms with E-state index in [4.69, 9.17) is 25.8 Å². The van der Waals surface area contributed by atoms with Gasteiger partial charge in [-0.1, -0.05) is 102 Å². The first-order chi connectivity index (χ1) is 26.3. The minimum atomic E-state index is -0.264. The van der Waals surface area contributed by atoms with Gasteiger partial charge in [0.05, 0.1) is 17.5 Å². The molecule has 292 valence electrons. The number of hydrogen-bond donors (Lipinski definition) is 0. The van der Waals surface area contributed by atoms with E-state index in [0.29, 0.717) is 33.6 Å². The molecule has 0 spiro atoms. The van der Waals surface area contributed by atoms with Gasteiger partial charge in [-0.2, -0.15) is 5.11 Å². The van der Waals surface area contributed by atoms with Crippen molar-refractivity contribution in [3.63, 3.8) is 0 Å². The molecule has 2 fully saturated rings. The van der Waals surface area contributed by atoms with E-state index in [1.807, 2.05) is 24.3 Å². The van der Waals surface area contributed by atoms with Crippen LogP contribution in [0.3, 0.4) is 0 Å². The molecule has 7 nitrogen and oxygen atoms in total. The van der Waals surface area contributed by atoms with Crippen LogP contribution in [0.15, 0.2) is 77.0 Å². The summed E-state index contributed by atoms with van der Waals surface area (Å²) in [5.74, 6) is 2.43. The highest BCUT2D eigenvalue weighted by molar-refractivity contribution is 6.30. The van der Waals surface area contributed by atoms with E-state index in [2.05, 4.69) is 31.0 Å². The minimum Gasteiger partial charge on any atom is -0.483 e. The molecule has 0 radical (unpaired) electrons. The molecular weight excluding hydrogens is 696 g/mol. The lowest BCUT2D eigenvalue weighted by atomic mass is 9.80. The van der Waals surface area contributed by atoms with Crippen LogP contribution in [0.4, 0.5) is 11.4 Å². The molecule has 0 saturated heterocycles. The highest BCUT2D eigenvalue weighted by Crippen LogP contribution is 2.39. The molecule has 5 rings (SSSR count). The van der Waals surface area contributed by atoms with Gasteiger partial charge in [-0.3, -0.25) is 9.59 Å². The van der Waals surface area contributed by atoms with Gasteiger partial charge in [0.15, 0.2) is 5.75 Å². The van der Waals surface area contributed by atoms with E-state index in [0.717, 1.165) is 81.6 Å². The number of esters is 2. The molecule has 0 aliphatic heterocycles. The van der Waals surface area contributed by atoms with Crippen molar-refractivity contribution in [3.05, 3.63) is 77.3 Å². The number of carbonyl (C=O) groups is 2. The average molecular weight is 757 g/mol. The third-order valence-corrected chi connectivity index (χ3v) is 11.6. The Labute approximate surface area is 328 Å². The largest absolute Gasteiger partial charge is 0.483 e. The zero-order valence-electron chi connectivity index (χ0n) is 32.8. The molecule has 3 aromatic carbocycles. The molecule has 0 N–H and O–H groups in total. The summed E-state index contributed by atoms with van der Waals surface area (Å²) in [5, 5.41) is 9.74. The summed E-state index contributed by atoms with van der Waals surface area (Å²) in [4.78, 5) is 26.3. The van der Waals surface area contributed by atoms with Crippen LogP contribution in [0.2, 0.25) is 5.02 Å². The van der Waals surface area contributed by atoms with Crippen LogP contribution >= 0.6 is 11.6 Å². The summed E-state index contributed by atoms with van der Waals surface area (Å²) >= 11 is 6.20. The van der Waals surface area contributed by atoms with E-state index >= 15 is 0 Å². The van der Waals surface area contributed by atoms with Crippen molar-refractivity contribution >= 4 is 34.9 Å². The van der Waals surface area contributed by atoms with E-state index in [9.17, 15) is 9.59 Å². The van der Waals surface area contributed by atoms with E-state index in [1.54, 1.807) is 42.5 Å². The fourth-order valence-electron chi connectivity index (χ4n) is 7.95. The van der Waals surface area contributed by atoms with Crippen LogP contribution in [-0.4, -0.2) is 11.9 Å². The topological polar surface area (TPSA) is 86.5 Å². The fraction of sp³-hybridized carbons (Fsp3) is 0.565. The zero-order chi connectivity index (χ0) is 38.1. The Morgan fingerprint density at radius 1 is 0.648 bits per heavy atom. The fourth-order valence-corrected chi connectivity index (χ4v) is 8.08. The first-order valence-electron chi connectivity index (χ1n) is 20.9. The third-order valence-electron chi connectivity index (χ3n) is 11.3. The maximum Gasteiger partial charge on any atom is 0.314 e. The Kier molecular flexibility index (Phi) is 16.9. The Bertz CT molecular complexity index is 1610. The van der Waals surface area contributed by atoms with Crippen molar-refractivity contribution in [2.45, 2.75) is 142 Å². The SMILES string of the molecule is CCCCCC1CCC(C(=O)Oc2ccc(N=Nc3ccc(OC(=O)C4CCC(CCCCC)CC4)cc3OC(CCC)c3ccc(Cl)cc3)cc2)CC1. The van der Waals surface area contributed by atoms with Gasteiger partial charge in [0, 0.05) is 11.1 Å². The molecule has 0 bridgehead atoms. The number of nitrogens with zero attached hydrogens (tertiary/aromatic N) is 2. The number of azo groups is 1. The molecule has 3 aromatic rings. The van der Waals surface area contributed by atoms with Crippen molar-refractivity contribution in [2.24, 2.45) is 33.9 Å². The zero-order valence-corrected chi connectivity index (χ0v) is 33.5. The summed E-state index contributed by atoms with van der Waals surface area (Å²) < 4.78 is 18.4. The molecule has 1 unspecified atom stereocenters. The first-order valence-corrected chi connectivity index (χ1v) is 21.2. The Hall–Kier alpha value is -3.71. The monoisotopic (exact) mass is 756 g/mol. The second-order valence-corrected chi connectivity index (χ2v) is 16.0.